The molecule has 180 valence electrons. The number of rotatable bonds is 10. The number of benzene rings is 3. The number of aromatic hydroxyl groups is 2. The maximum absolute atomic E-state index is 12.3. The van der Waals surface area contributed by atoms with Crippen LogP contribution in [0.3, 0.4) is 0 Å². The molecule has 0 fully saturated rings. The minimum atomic E-state index is 0.0626. The van der Waals surface area contributed by atoms with Crippen LogP contribution < -0.4 is 4.74 Å². The predicted molar refractivity (Wildman–Crippen MR) is 137 cm³/mol. The van der Waals surface area contributed by atoms with E-state index >= 15 is 0 Å². The van der Waals surface area contributed by atoms with E-state index in [1.165, 1.54) is 11.1 Å². The fourth-order valence-corrected chi connectivity index (χ4v) is 4.23. The van der Waals surface area contributed by atoms with Gasteiger partial charge >= 0.3 is 0 Å². The number of ketones is 1. The molecule has 0 aliphatic carbocycles. The summed E-state index contributed by atoms with van der Waals surface area (Å²) >= 11 is 0. The van der Waals surface area contributed by atoms with Crippen molar-refractivity contribution in [1.29, 1.82) is 0 Å². The Kier molecular flexibility index (Phi) is 8.38. The van der Waals surface area contributed by atoms with Crippen LogP contribution in [0.25, 0.3) is 0 Å². The Balaban J connectivity index is 1.55. The molecule has 4 heteroatoms. The summed E-state index contributed by atoms with van der Waals surface area (Å²) in [6, 6.07) is 15.5. The van der Waals surface area contributed by atoms with Gasteiger partial charge in [-0.15, -0.1) is 0 Å². The predicted octanol–water partition coefficient (Wildman–Crippen LogP) is 6.71. The van der Waals surface area contributed by atoms with Gasteiger partial charge in [0.1, 0.15) is 23.9 Å². The standard InChI is InChI=1S/C30H36O4/c1-19(2)27-15-24(11-12-29(27)32)16-28-21(4)13-26(14-22(28)5)34-18-25(31)8-6-7-23-10-9-20(3)30(33)17-23/h9-15,17,19,32-33H,6-8,16,18H2,1-5H3. The molecule has 0 aliphatic heterocycles. The summed E-state index contributed by atoms with van der Waals surface area (Å²) in [5, 5.41) is 19.9. The molecule has 0 saturated heterocycles. The van der Waals surface area contributed by atoms with Crippen molar-refractivity contribution < 1.29 is 19.7 Å². The van der Waals surface area contributed by atoms with E-state index in [2.05, 4.69) is 33.8 Å². The largest absolute Gasteiger partial charge is 0.508 e. The van der Waals surface area contributed by atoms with Gasteiger partial charge in [0.25, 0.3) is 0 Å². The Bertz CT molecular complexity index is 1140. The second-order valence-electron chi connectivity index (χ2n) is 9.56. The van der Waals surface area contributed by atoms with Gasteiger partial charge in [-0.1, -0.05) is 38.1 Å². The first-order valence-electron chi connectivity index (χ1n) is 12.0. The van der Waals surface area contributed by atoms with Crippen molar-refractivity contribution in [1.82, 2.24) is 0 Å². The van der Waals surface area contributed by atoms with Crippen molar-refractivity contribution in [3.05, 3.63) is 87.5 Å². The van der Waals surface area contributed by atoms with E-state index in [9.17, 15) is 15.0 Å². The molecule has 34 heavy (non-hydrogen) atoms. The average Bonchev–Trinajstić information content (AvgIpc) is 2.78. The van der Waals surface area contributed by atoms with E-state index in [1.807, 2.05) is 37.3 Å². The Morgan fingerprint density at radius 1 is 0.853 bits per heavy atom. The molecule has 0 saturated carbocycles. The second kappa shape index (κ2) is 11.2. The van der Waals surface area contributed by atoms with E-state index in [-0.39, 0.29) is 18.3 Å². The molecule has 0 amide bonds. The lowest BCUT2D eigenvalue weighted by molar-refractivity contribution is -0.121. The number of carbonyl (C=O) groups is 1. The quantitative estimate of drug-likeness (QED) is 0.353. The van der Waals surface area contributed by atoms with Gasteiger partial charge in [-0.3, -0.25) is 4.79 Å². The van der Waals surface area contributed by atoms with Gasteiger partial charge in [-0.05, 0) is 109 Å². The van der Waals surface area contributed by atoms with Crippen molar-refractivity contribution in [2.75, 3.05) is 6.61 Å². The molecule has 0 radical (unpaired) electrons. The number of Topliss-reactive ketones (excluding diaryl/α,β-unsaturated/α-hetero) is 1. The van der Waals surface area contributed by atoms with Crippen molar-refractivity contribution in [3.8, 4) is 17.2 Å². The van der Waals surface area contributed by atoms with Gasteiger partial charge in [0, 0.05) is 6.42 Å². The molecule has 0 aromatic heterocycles. The highest BCUT2D eigenvalue weighted by molar-refractivity contribution is 5.79. The summed E-state index contributed by atoms with van der Waals surface area (Å²) in [4.78, 5) is 12.3. The Labute approximate surface area is 203 Å². The molecular formula is C30H36O4. The van der Waals surface area contributed by atoms with Crippen LogP contribution >= 0.6 is 0 Å². The van der Waals surface area contributed by atoms with Crippen LogP contribution in [0.4, 0.5) is 0 Å². The van der Waals surface area contributed by atoms with E-state index in [4.69, 9.17) is 4.74 Å². The highest BCUT2D eigenvalue weighted by Gasteiger charge is 2.12. The van der Waals surface area contributed by atoms with Gasteiger partial charge < -0.3 is 14.9 Å². The van der Waals surface area contributed by atoms with Crippen molar-refractivity contribution >= 4 is 5.78 Å². The summed E-state index contributed by atoms with van der Waals surface area (Å²) in [6.45, 7) is 10.2. The van der Waals surface area contributed by atoms with Gasteiger partial charge in [0.15, 0.2) is 5.78 Å². The van der Waals surface area contributed by atoms with Crippen LogP contribution in [0, 0.1) is 20.8 Å². The number of carbonyl (C=O) groups excluding carboxylic acids is 1. The molecule has 0 unspecified atom stereocenters. The molecule has 0 spiro atoms. The SMILES string of the molecule is Cc1ccc(CCCC(=O)COc2cc(C)c(Cc3ccc(O)c(C(C)C)c3)c(C)c2)cc1O. The zero-order valence-corrected chi connectivity index (χ0v) is 20.9. The second-order valence-corrected chi connectivity index (χ2v) is 9.56. The zero-order chi connectivity index (χ0) is 24.8. The molecule has 4 nitrogen and oxygen atoms in total. The minimum Gasteiger partial charge on any atom is -0.508 e. The molecular weight excluding hydrogens is 424 g/mol. The number of hydrogen-bond donors (Lipinski definition) is 2. The van der Waals surface area contributed by atoms with Crippen LogP contribution in [-0.4, -0.2) is 22.6 Å². The van der Waals surface area contributed by atoms with E-state index in [1.54, 1.807) is 12.1 Å². The molecule has 3 aromatic carbocycles. The molecule has 0 aliphatic rings. The third kappa shape index (κ3) is 6.63. The number of hydrogen-bond acceptors (Lipinski definition) is 4. The van der Waals surface area contributed by atoms with Crippen LogP contribution in [0.5, 0.6) is 17.2 Å². The first-order chi connectivity index (χ1) is 16.1. The van der Waals surface area contributed by atoms with Gasteiger partial charge in [0.2, 0.25) is 0 Å². The summed E-state index contributed by atoms with van der Waals surface area (Å²) in [7, 11) is 0. The van der Waals surface area contributed by atoms with E-state index < -0.39 is 0 Å². The van der Waals surface area contributed by atoms with Gasteiger partial charge in [-0.25, -0.2) is 0 Å². The van der Waals surface area contributed by atoms with Crippen LogP contribution in [0.1, 0.15) is 71.6 Å². The molecule has 3 aromatic rings. The lowest BCUT2D eigenvalue weighted by Gasteiger charge is -2.15. The van der Waals surface area contributed by atoms with Gasteiger partial charge in [0.05, 0.1) is 0 Å². The first kappa shape index (κ1) is 25.4. The molecule has 3 rings (SSSR count). The number of ether oxygens (including phenoxy) is 1. The Morgan fingerprint density at radius 2 is 1.53 bits per heavy atom. The lowest BCUT2D eigenvalue weighted by atomic mass is 9.93. The monoisotopic (exact) mass is 460 g/mol. The van der Waals surface area contributed by atoms with Crippen LogP contribution in [0.15, 0.2) is 48.5 Å². The lowest BCUT2D eigenvalue weighted by Crippen LogP contribution is -2.12. The van der Waals surface area contributed by atoms with Crippen LogP contribution in [-0.2, 0) is 17.6 Å². The molecule has 0 heterocycles. The highest BCUT2D eigenvalue weighted by atomic mass is 16.5. The molecule has 2 N–H and O–H groups in total. The fraction of sp³-hybridized carbons (Fsp3) is 0.367. The third-order valence-electron chi connectivity index (χ3n) is 6.36. The van der Waals surface area contributed by atoms with Crippen molar-refractivity contribution in [3.63, 3.8) is 0 Å². The topological polar surface area (TPSA) is 66.8 Å². The first-order valence-corrected chi connectivity index (χ1v) is 12.0. The Morgan fingerprint density at radius 3 is 2.18 bits per heavy atom. The van der Waals surface area contributed by atoms with Crippen molar-refractivity contribution in [2.24, 2.45) is 0 Å². The normalized spacial score (nSPS) is 11.1. The van der Waals surface area contributed by atoms with Crippen molar-refractivity contribution in [2.45, 2.75) is 66.2 Å². The maximum atomic E-state index is 12.3. The average molecular weight is 461 g/mol. The summed E-state index contributed by atoms with van der Waals surface area (Å²) in [5.41, 5.74) is 7.51. The van der Waals surface area contributed by atoms with E-state index in [0.717, 1.165) is 47.1 Å². The summed E-state index contributed by atoms with van der Waals surface area (Å²) in [5.74, 6) is 1.69. The fourth-order valence-electron chi connectivity index (χ4n) is 4.23. The number of phenolic OH excluding ortho intramolecular Hbond substituents is 2. The third-order valence-corrected chi connectivity index (χ3v) is 6.36. The minimum absolute atomic E-state index is 0.0626. The molecule has 0 atom stereocenters. The van der Waals surface area contributed by atoms with Gasteiger partial charge in [-0.2, -0.15) is 0 Å². The number of phenols is 2. The smallest absolute Gasteiger partial charge is 0.170 e. The summed E-state index contributed by atoms with van der Waals surface area (Å²) < 4.78 is 5.82. The number of aryl methyl sites for hydroxylation is 4. The molecule has 0 bridgehead atoms. The zero-order valence-electron chi connectivity index (χ0n) is 20.9. The maximum Gasteiger partial charge on any atom is 0.170 e. The highest BCUT2D eigenvalue weighted by Crippen LogP contribution is 2.29. The van der Waals surface area contributed by atoms with E-state index in [0.29, 0.717) is 23.7 Å². The summed E-state index contributed by atoms with van der Waals surface area (Å²) in [6.07, 6.45) is 2.71. The Hall–Kier alpha value is -3.27. The van der Waals surface area contributed by atoms with Crippen LogP contribution in [0.2, 0.25) is 0 Å².